The summed E-state index contributed by atoms with van der Waals surface area (Å²) in [5.74, 6) is 0.491. The molecule has 5 nitrogen and oxygen atoms in total. The van der Waals surface area contributed by atoms with Gasteiger partial charge in [0.2, 0.25) is 0 Å². The lowest BCUT2D eigenvalue weighted by Crippen LogP contribution is -2.23. The molecular formula is C19H19N3O2. The van der Waals surface area contributed by atoms with Gasteiger partial charge < -0.3 is 15.1 Å². The van der Waals surface area contributed by atoms with Gasteiger partial charge in [0.05, 0.1) is 24.7 Å². The van der Waals surface area contributed by atoms with E-state index < -0.39 is 0 Å². The zero-order valence-electron chi connectivity index (χ0n) is 13.2. The van der Waals surface area contributed by atoms with Gasteiger partial charge in [0.1, 0.15) is 11.5 Å². The van der Waals surface area contributed by atoms with Crippen LogP contribution in [0.5, 0.6) is 0 Å². The number of aromatic nitrogens is 1. The Morgan fingerprint density at radius 2 is 1.92 bits per heavy atom. The molecular weight excluding hydrogens is 302 g/mol. The summed E-state index contributed by atoms with van der Waals surface area (Å²) in [5, 5.41) is 6.07. The number of hydrogen-bond donors (Lipinski definition) is 2. The minimum absolute atomic E-state index is 0.220. The average molecular weight is 321 g/mol. The topological polar surface area (TPSA) is 67.2 Å². The van der Waals surface area contributed by atoms with Gasteiger partial charge in [0.25, 0.3) is 5.91 Å². The van der Waals surface area contributed by atoms with Crippen LogP contribution in [0, 0.1) is 0 Å². The SMILES string of the molecule is O=C(NCc1ccco1)c1ccc(NCCc2ccccc2)cn1. The van der Waals surface area contributed by atoms with Gasteiger partial charge in [-0.2, -0.15) is 0 Å². The standard InChI is InChI=1S/C19H19N3O2/c23-19(22-14-17-7-4-12-24-17)18-9-8-16(13-21-18)20-11-10-15-5-2-1-3-6-15/h1-9,12-13,20H,10-11,14H2,(H,22,23). The first-order valence-corrected chi connectivity index (χ1v) is 7.86. The highest BCUT2D eigenvalue weighted by molar-refractivity contribution is 5.92. The third-order valence-corrected chi connectivity index (χ3v) is 3.59. The van der Waals surface area contributed by atoms with Crippen LogP contribution in [0.3, 0.4) is 0 Å². The number of benzene rings is 1. The molecule has 122 valence electrons. The summed E-state index contributed by atoms with van der Waals surface area (Å²) in [5.41, 5.74) is 2.57. The molecule has 0 saturated carbocycles. The van der Waals surface area contributed by atoms with Crippen molar-refractivity contribution in [3.63, 3.8) is 0 Å². The average Bonchev–Trinajstić information content (AvgIpc) is 3.15. The Hall–Kier alpha value is -3.08. The normalized spacial score (nSPS) is 10.3. The number of furan rings is 1. The summed E-state index contributed by atoms with van der Waals surface area (Å²) in [6.07, 6.45) is 4.19. The van der Waals surface area contributed by atoms with Crippen LogP contribution >= 0.6 is 0 Å². The first kappa shape index (κ1) is 15.8. The number of nitrogens with one attached hydrogen (secondary N) is 2. The van der Waals surface area contributed by atoms with Crippen molar-refractivity contribution < 1.29 is 9.21 Å². The van der Waals surface area contributed by atoms with Crippen molar-refractivity contribution in [1.29, 1.82) is 0 Å². The van der Waals surface area contributed by atoms with Crippen molar-refractivity contribution in [1.82, 2.24) is 10.3 Å². The van der Waals surface area contributed by atoms with Crippen molar-refractivity contribution in [3.05, 3.63) is 84.1 Å². The second-order valence-electron chi connectivity index (χ2n) is 5.36. The fourth-order valence-corrected chi connectivity index (χ4v) is 2.30. The maximum absolute atomic E-state index is 12.0. The van der Waals surface area contributed by atoms with E-state index in [1.807, 2.05) is 30.3 Å². The van der Waals surface area contributed by atoms with E-state index in [2.05, 4.69) is 27.8 Å². The van der Waals surface area contributed by atoms with Crippen LogP contribution < -0.4 is 10.6 Å². The molecule has 0 radical (unpaired) electrons. The van der Waals surface area contributed by atoms with Gasteiger partial charge in [0.15, 0.2) is 0 Å². The molecule has 5 heteroatoms. The van der Waals surface area contributed by atoms with E-state index >= 15 is 0 Å². The van der Waals surface area contributed by atoms with Crippen molar-refractivity contribution >= 4 is 11.6 Å². The molecule has 2 heterocycles. The van der Waals surface area contributed by atoms with Crippen LogP contribution in [0.15, 0.2) is 71.5 Å². The maximum Gasteiger partial charge on any atom is 0.270 e. The van der Waals surface area contributed by atoms with E-state index in [4.69, 9.17) is 4.42 Å². The summed E-state index contributed by atoms with van der Waals surface area (Å²) < 4.78 is 5.17. The van der Waals surface area contributed by atoms with Crippen molar-refractivity contribution in [3.8, 4) is 0 Å². The highest BCUT2D eigenvalue weighted by Gasteiger charge is 2.07. The van der Waals surface area contributed by atoms with E-state index in [0.717, 1.165) is 18.7 Å². The number of anilines is 1. The number of carbonyl (C=O) groups excluding carboxylic acids is 1. The first-order valence-electron chi connectivity index (χ1n) is 7.86. The Morgan fingerprint density at radius 3 is 2.62 bits per heavy atom. The molecule has 3 aromatic rings. The van der Waals surface area contributed by atoms with Crippen LogP contribution in [0.4, 0.5) is 5.69 Å². The zero-order valence-corrected chi connectivity index (χ0v) is 13.2. The summed E-state index contributed by atoms with van der Waals surface area (Å²) in [6.45, 7) is 1.17. The molecule has 0 bridgehead atoms. The van der Waals surface area contributed by atoms with E-state index in [1.54, 1.807) is 24.6 Å². The minimum atomic E-state index is -0.220. The van der Waals surface area contributed by atoms with Gasteiger partial charge in [-0.1, -0.05) is 30.3 Å². The molecule has 1 amide bonds. The van der Waals surface area contributed by atoms with Crippen LogP contribution in [0.25, 0.3) is 0 Å². The second-order valence-corrected chi connectivity index (χ2v) is 5.36. The van der Waals surface area contributed by atoms with E-state index in [-0.39, 0.29) is 5.91 Å². The largest absolute Gasteiger partial charge is 0.467 e. The number of hydrogen-bond acceptors (Lipinski definition) is 4. The second kappa shape index (κ2) is 7.97. The van der Waals surface area contributed by atoms with Crippen molar-refractivity contribution in [2.45, 2.75) is 13.0 Å². The quantitative estimate of drug-likeness (QED) is 0.701. The van der Waals surface area contributed by atoms with Gasteiger partial charge in [0, 0.05) is 6.54 Å². The lowest BCUT2D eigenvalue weighted by atomic mass is 10.1. The van der Waals surface area contributed by atoms with Crippen LogP contribution in [-0.2, 0) is 13.0 Å². The third kappa shape index (κ3) is 4.46. The van der Waals surface area contributed by atoms with Gasteiger partial charge >= 0.3 is 0 Å². The molecule has 0 aliphatic rings. The van der Waals surface area contributed by atoms with Gasteiger partial charge in [-0.15, -0.1) is 0 Å². The molecule has 24 heavy (non-hydrogen) atoms. The molecule has 2 N–H and O–H groups in total. The molecule has 2 aromatic heterocycles. The fourth-order valence-electron chi connectivity index (χ4n) is 2.30. The Bertz CT molecular complexity index is 753. The van der Waals surface area contributed by atoms with Gasteiger partial charge in [-0.05, 0) is 36.2 Å². The highest BCUT2D eigenvalue weighted by Crippen LogP contribution is 2.08. The Kier molecular flexibility index (Phi) is 5.24. The molecule has 0 aliphatic carbocycles. The van der Waals surface area contributed by atoms with Gasteiger partial charge in [-0.25, -0.2) is 4.98 Å². The molecule has 3 rings (SSSR count). The molecule has 0 spiro atoms. The third-order valence-electron chi connectivity index (χ3n) is 3.59. The van der Waals surface area contributed by atoms with Crippen LogP contribution in [-0.4, -0.2) is 17.4 Å². The lowest BCUT2D eigenvalue weighted by Gasteiger charge is -2.07. The molecule has 0 aliphatic heterocycles. The number of nitrogens with zero attached hydrogens (tertiary/aromatic N) is 1. The highest BCUT2D eigenvalue weighted by atomic mass is 16.3. The molecule has 0 saturated heterocycles. The number of pyridine rings is 1. The Morgan fingerprint density at radius 1 is 1.04 bits per heavy atom. The summed E-state index contributed by atoms with van der Waals surface area (Å²) >= 11 is 0. The Labute approximate surface area is 140 Å². The monoisotopic (exact) mass is 321 g/mol. The van der Waals surface area contributed by atoms with Crippen LogP contribution in [0.2, 0.25) is 0 Å². The summed E-state index contributed by atoms with van der Waals surface area (Å²) in [4.78, 5) is 16.2. The first-order chi connectivity index (χ1) is 11.8. The summed E-state index contributed by atoms with van der Waals surface area (Å²) in [7, 11) is 0. The van der Waals surface area contributed by atoms with E-state index in [9.17, 15) is 4.79 Å². The zero-order chi connectivity index (χ0) is 16.6. The van der Waals surface area contributed by atoms with Crippen molar-refractivity contribution in [2.24, 2.45) is 0 Å². The van der Waals surface area contributed by atoms with E-state index in [1.165, 1.54) is 5.56 Å². The molecule has 0 unspecified atom stereocenters. The number of carbonyl (C=O) groups is 1. The van der Waals surface area contributed by atoms with E-state index in [0.29, 0.717) is 18.0 Å². The fraction of sp³-hybridized carbons (Fsp3) is 0.158. The smallest absolute Gasteiger partial charge is 0.270 e. The maximum atomic E-state index is 12.0. The summed E-state index contributed by atoms with van der Waals surface area (Å²) in [6, 6.07) is 17.5. The molecule has 0 fully saturated rings. The predicted molar refractivity (Wildman–Crippen MR) is 92.8 cm³/mol. The Balaban J connectivity index is 1.46. The molecule has 1 aromatic carbocycles. The predicted octanol–water partition coefficient (Wildman–Crippen LogP) is 3.26. The van der Waals surface area contributed by atoms with Gasteiger partial charge in [-0.3, -0.25) is 4.79 Å². The lowest BCUT2D eigenvalue weighted by molar-refractivity contribution is 0.0943. The van der Waals surface area contributed by atoms with Crippen molar-refractivity contribution in [2.75, 3.05) is 11.9 Å². The minimum Gasteiger partial charge on any atom is -0.467 e. The molecule has 0 atom stereocenters. The number of rotatable bonds is 7. The number of amides is 1. The van der Waals surface area contributed by atoms with Crippen LogP contribution in [0.1, 0.15) is 21.8 Å².